The number of carbonyl (C=O) groups excluding carboxylic acids is 1. The molecular weight excluding hydrogens is 439 g/mol. The summed E-state index contributed by atoms with van der Waals surface area (Å²) in [7, 11) is 1.53. The number of allylic oxidation sites excluding steroid dienone is 1. The van der Waals surface area contributed by atoms with Crippen LogP contribution in [0.1, 0.15) is 23.5 Å². The Balaban J connectivity index is 1.91. The van der Waals surface area contributed by atoms with Gasteiger partial charge >= 0.3 is 0 Å². The quantitative estimate of drug-likeness (QED) is 0.609. The van der Waals surface area contributed by atoms with Crippen LogP contribution in [0.2, 0.25) is 15.1 Å². The van der Waals surface area contributed by atoms with Gasteiger partial charge in [0.1, 0.15) is 5.75 Å². The summed E-state index contributed by atoms with van der Waals surface area (Å²) in [5, 5.41) is 14.6. The van der Waals surface area contributed by atoms with Gasteiger partial charge in [0.25, 0.3) is 0 Å². The normalized spacial score (nSPS) is 16.5. The zero-order chi connectivity index (χ0) is 20.3. The highest BCUT2D eigenvalue weighted by molar-refractivity contribution is 8.02. The number of ether oxygens (including phenoxy) is 1. The summed E-state index contributed by atoms with van der Waals surface area (Å²) in [6.07, 6.45) is 0.178. The number of carbonyl (C=O) groups is 1. The molecule has 2 aromatic rings. The van der Waals surface area contributed by atoms with Crippen LogP contribution in [0.5, 0.6) is 5.75 Å². The average Bonchev–Trinajstić information content (AvgIpc) is 2.66. The van der Waals surface area contributed by atoms with Gasteiger partial charge in [-0.2, -0.15) is 5.26 Å². The third kappa shape index (κ3) is 4.59. The van der Waals surface area contributed by atoms with Crippen molar-refractivity contribution in [3.63, 3.8) is 0 Å². The molecule has 1 atom stereocenters. The molecule has 28 heavy (non-hydrogen) atoms. The second-order valence-electron chi connectivity index (χ2n) is 6.08. The van der Waals surface area contributed by atoms with Crippen molar-refractivity contribution in [3.8, 4) is 11.8 Å². The smallest absolute Gasteiger partial charge is 0.225 e. The molecule has 0 aliphatic carbocycles. The molecule has 0 saturated heterocycles. The maximum atomic E-state index is 12.3. The van der Waals surface area contributed by atoms with Crippen molar-refractivity contribution in [2.75, 3.05) is 7.11 Å². The van der Waals surface area contributed by atoms with E-state index in [0.29, 0.717) is 37.2 Å². The minimum Gasteiger partial charge on any atom is -0.495 e. The Kier molecular flexibility index (Phi) is 6.79. The molecule has 3 rings (SSSR count). The standard InChI is InChI=1S/C20H15Cl3N2O2S/c1-27-18-5-3-11(6-17(18)23)14-8-19(26)25-20(15(14)9-24)28-10-12-2-4-13(21)7-16(12)22/h2-7,14H,8,10H2,1H3,(H,25,26)/t14-/m0/s1. The van der Waals surface area contributed by atoms with Crippen molar-refractivity contribution in [1.82, 2.24) is 5.32 Å². The number of rotatable bonds is 5. The molecule has 1 amide bonds. The lowest BCUT2D eigenvalue weighted by atomic mass is 9.87. The number of methoxy groups -OCH3 is 1. The summed E-state index contributed by atoms with van der Waals surface area (Å²) < 4.78 is 5.18. The number of benzene rings is 2. The summed E-state index contributed by atoms with van der Waals surface area (Å²) in [6.45, 7) is 0. The molecule has 0 saturated carbocycles. The van der Waals surface area contributed by atoms with Crippen LogP contribution in [0.3, 0.4) is 0 Å². The molecule has 1 N–H and O–H groups in total. The van der Waals surface area contributed by atoms with Gasteiger partial charge in [-0.1, -0.05) is 46.9 Å². The van der Waals surface area contributed by atoms with Gasteiger partial charge < -0.3 is 10.1 Å². The van der Waals surface area contributed by atoms with Gasteiger partial charge in [0, 0.05) is 28.1 Å². The van der Waals surface area contributed by atoms with Crippen molar-refractivity contribution < 1.29 is 9.53 Å². The Hall–Kier alpha value is -1.84. The summed E-state index contributed by atoms with van der Waals surface area (Å²) in [5.74, 6) is 0.513. The number of hydrogen-bond acceptors (Lipinski definition) is 4. The summed E-state index contributed by atoms with van der Waals surface area (Å²) >= 11 is 19.7. The highest BCUT2D eigenvalue weighted by Crippen LogP contribution is 2.39. The summed E-state index contributed by atoms with van der Waals surface area (Å²) in [6, 6.07) is 12.8. The predicted octanol–water partition coefficient (Wildman–Crippen LogP) is 5.93. The summed E-state index contributed by atoms with van der Waals surface area (Å²) in [4.78, 5) is 12.3. The van der Waals surface area contributed by atoms with E-state index in [2.05, 4.69) is 11.4 Å². The molecule has 0 unspecified atom stereocenters. The van der Waals surface area contributed by atoms with Crippen LogP contribution >= 0.6 is 46.6 Å². The molecule has 2 aromatic carbocycles. The molecule has 144 valence electrons. The highest BCUT2D eigenvalue weighted by Gasteiger charge is 2.30. The van der Waals surface area contributed by atoms with E-state index in [1.54, 1.807) is 24.3 Å². The maximum absolute atomic E-state index is 12.3. The number of nitrogens with one attached hydrogen (secondary N) is 1. The van der Waals surface area contributed by atoms with Gasteiger partial charge in [-0.3, -0.25) is 4.79 Å². The van der Waals surface area contributed by atoms with Crippen LogP contribution in [0.25, 0.3) is 0 Å². The minimum atomic E-state index is -0.370. The van der Waals surface area contributed by atoms with E-state index >= 15 is 0 Å². The molecule has 0 aromatic heterocycles. The first-order chi connectivity index (χ1) is 13.4. The van der Waals surface area contributed by atoms with Crippen molar-refractivity contribution in [2.24, 2.45) is 0 Å². The van der Waals surface area contributed by atoms with Crippen LogP contribution in [0.15, 0.2) is 47.0 Å². The van der Waals surface area contributed by atoms with Gasteiger partial charge in [-0.05, 0) is 35.4 Å². The van der Waals surface area contributed by atoms with E-state index in [1.165, 1.54) is 18.9 Å². The maximum Gasteiger partial charge on any atom is 0.225 e. The Labute approximate surface area is 182 Å². The first-order valence-corrected chi connectivity index (χ1v) is 10.4. The van der Waals surface area contributed by atoms with E-state index < -0.39 is 0 Å². The molecule has 8 heteroatoms. The summed E-state index contributed by atoms with van der Waals surface area (Å²) in [5.41, 5.74) is 2.15. The van der Waals surface area contributed by atoms with Gasteiger partial charge in [0.15, 0.2) is 0 Å². The topological polar surface area (TPSA) is 62.1 Å². The SMILES string of the molecule is COc1ccc([C@@H]2CC(=O)NC(SCc3ccc(Cl)cc3Cl)=C2C#N)cc1Cl. The molecule has 0 bridgehead atoms. The fraction of sp³-hybridized carbons (Fsp3) is 0.200. The molecule has 1 aliphatic heterocycles. The van der Waals surface area contributed by atoms with E-state index in [1.807, 2.05) is 12.1 Å². The predicted molar refractivity (Wildman–Crippen MR) is 114 cm³/mol. The van der Waals surface area contributed by atoms with Crippen molar-refractivity contribution in [2.45, 2.75) is 18.1 Å². The Morgan fingerprint density at radius 2 is 2.00 bits per heavy atom. The van der Waals surface area contributed by atoms with Crippen LogP contribution in [0.4, 0.5) is 0 Å². The van der Waals surface area contributed by atoms with Crippen LogP contribution < -0.4 is 10.1 Å². The van der Waals surface area contributed by atoms with E-state index in [0.717, 1.165) is 11.1 Å². The minimum absolute atomic E-state index is 0.152. The lowest BCUT2D eigenvalue weighted by molar-refractivity contribution is -0.120. The monoisotopic (exact) mass is 452 g/mol. The number of thioether (sulfide) groups is 1. The van der Waals surface area contributed by atoms with E-state index in [9.17, 15) is 10.1 Å². The van der Waals surface area contributed by atoms with Crippen LogP contribution in [-0.4, -0.2) is 13.0 Å². The average molecular weight is 454 g/mol. The second-order valence-corrected chi connectivity index (χ2v) is 8.31. The highest BCUT2D eigenvalue weighted by atomic mass is 35.5. The fourth-order valence-electron chi connectivity index (χ4n) is 2.91. The van der Waals surface area contributed by atoms with Gasteiger partial charge in [-0.15, -0.1) is 11.8 Å². The van der Waals surface area contributed by atoms with E-state index in [4.69, 9.17) is 39.5 Å². The molecule has 0 fully saturated rings. The van der Waals surface area contributed by atoms with Crippen LogP contribution in [0, 0.1) is 11.3 Å². The second kappa shape index (κ2) is 9.11. The molecule has 0 radical (unpaired) electrons. The number of nitriles is 1. The largest absolute Gasteiger partial charge is 0.495 e. The number of amides is 1. The molecular formula is C20H15Cl3N2O2S. The Morgan fingerprint density at radius 1 is 1.21 bits per heavy atom. The third-order valence-corrected chi connectivity index (χ3v) is 6.27. The number of halogens is 3. The Morgan fingerprint density at radius 3 is 2.64 bits per heavy atom. The van der Waals surface area contributed by atoms with Gasteiger partial charge in [-0.25, -0.2) is 0 Å². The third-order valence-electron chi connectivity index (χ3n) is 4.32. The lowest BCUT2D eigenvalue weighted by Gasteiger charge is -2.25. The first-order valence-electron chi connectivity index (χ1n) is 8.27. The van der Waals surface area contributed by atoms with Crippen molar-refractivity contribution in [1.29, 1.82) is 5.26 Å². The fourth-order valence-corrected chi connectivity index (χ4v) is 4.81. The number of hydrogen-bond donors (Lipinski definition) is 1. The van der Waals surface area contributed by atoms with E-state index in [-0.39, 0.29) is 18.2 Å². The van der Waals surface area contributed by atoms with Gasteiger partial charge in [0.2, 0.25) is 5.91 Å². The molecule has 1 heterocycles. The molecule has 0 spiro atoms. The first kappa shape index (κ1) is 20.9. The number of nitrogens with zero attached hydrogens (tertiary/aromatic N) is 1. The van der Waals surface area contributed by atoms with Gasteiger partial charge in [0.05, 0.1) is 28.8 Å². The molecule has 1 aliphatic rings. The zero-order valence-corrected chi connectivity index (χ0v) is 17.8. The zero-order valence-electron chi connectivity index (χ0n) is 14.8. The molecule has 4 nitrogen and oxygen atoms in total. The van der Waals surface area contributed by atoms with Crippen LogP contribution in [-0.2, 0) is 10.5 Å². The Bertz CT molecular complexity index is 1000. The lowest BCUT2D eigenvalue weighted by Crippen LogP contribution is -2.30. The van der Waals surface area contributed by atoms with Crippen molar-refractivity contribution in [3.05, 3.63) is 73.2 Å². The van der Waals surface area contributed by atoms with Crippen molar-refractivity contribution >= 4 is 52.5 Å².